The van der Waals surface area contributed by atoms with Crippen LogP contribution in [0.1, 0.15) is 0 Å². The van der Waals surface area contributed by atoms with E-state index in [4.69, 9.17) is 0 Å². The molecule has 0 N–H and O–H groups in total. The Bertz CT molecular complexity index is 128. The van der Waals surface area contributed by atoms with Gasteiger partial charge in [0.15, 0.2) is 0 Å². The van der Waals surface area contributed by atoms with Crippen molar-refractivity contribution in [2.24, 2.45) is 0 Å². The first kappa shape index (κ1) is 10.3. The molecular formula is C7H10NO2S. The van der Waals surface area contributed by atoms with Crippen LogP contribution in [0.2, 0.25) is 0 Å². The van der Waals surface area contributed by atoms with E-state index < -0.39 is 0 Å². The van der Waals surface area contributed by atoms with Crippen LogP contribution in [0.3, 0.4) is 0 Å². The maximum Gasteiger partial charge on any atom is 0.438 e. The van der Waals surface area contributed by atoms with Crippen LogP contribution in [0.25, 0.3) is 0 Å². The zero-order chi connectivity index (χ0) is 8.53. The number of rotatable bonds is 7. The maximum atomic E-state index is 9.79. The van der Waals surface area contributed by atoms with Crippen molar-refractivity contribution < 1.29 is 9.63 Å². The summed E-state index contributed by atoms with van der Waals surface area (Å²) in [6.07, 6.45) is 3.35. The molecule has 0 saturated carbocycles. The van der Waals surface area contributed by atoms with Gasteiger partial charge >= 0.3 is 6.47 Å². The fraction of sp³-hybridized carbons (Fsp3) is 0.286. The second-order valence-corrected chi connectivity index (χ2v) is 2.56. The number of nitrogens with zero attached hydrogens (tertiary/aromatic N) is 1. The van der Waals surface area contributed by atoms with Gasteiger partial charge in [-0.2, -0.15) is 0 Å². The van der Waals surface area contributed by atoms with Gasteiger partial charge in [0, 0.05) is 5.75 Å². The number of carbonyl (C=O) groups excluding carboxylic acids is 1. The third-order valence-electron chi connectivity index (χ3n) is 0.754. The van der Waals surface area contributed by atoms with Gasteiger partial charge in [-0.05, 0) is 11.9 Å². The molecule has 0 aromatic heterocycles. The predicted molar refractivity (Wildman–Crippen MR) is 46.3 cm³/mol. The Hall–Kier alpha value is -0.740. The van der Waals surface area contributed by atoms with Crippen molar-refractivity contribution in [2.75, 3.05) is 12.3 Å². The molecule has 4 heteroatoms. The second-order valence-electron chi connectivity index (χ2n) is 1.56. The lowest BCUT2D eigenvalue weighted by molar-refractivity contribution is 0.0423. The van der Waals surface area contributed by atoms with Gasteiger partial charge in [-0.1, -0.05) is 16.6 Å². The molecule has 0 aromatic carbocycles. The Kier molecular flexibility index (Phi) is 6.87. The molecule has 0 fully saturated rings. The summed E-state index contributed by atoms with van der Waals surface area (Å²) in [4.78, 5) is 14.2. The summed E-state index contributed by atoms with van der Waals surface area (Å²) in [5.41, 5.74) is 0. The lowest BCUT2D eigenvalue weighted by Crippen LogP contribution is -2.15. The first-order valence-electron chi connectivity index (χ1n) is 3.01. The molecule has 0 heterocycles. The summed E-state index contributed by atoms with van der Waals surface area (Å²) in [5, 5.41) is 0. The van der Waals surface area contributed by atoms with Gasteiger partial charge in [0.05, 0.1) is 6.54 Å². The Morgan fingerprint density at radius 3 is 2.73 bits per heavy atom. The van der Waals surface area contributed by atoms with Crippen LogP contribution in [0.5, 0.6) is 0 Å². The summed E-state index contributed by atoms with van der Waals surface area (Å²) in [5.74, 6) is 0.690. The number of hydrogen-bond donors (Lipinski definition) is 0. The highest BCUT2D eigenvalue weighted by atomic mass is 32.2. The number of hydroxylamine groups is 1. The molecule has 0 rings (SSSR count). The smallest absolute Gasteiger partial charge is 0.348 e. The zero-order valence-electron chi connectivity index (χ0n) is 6.16. The van der Waals surface area contributed by atoms with Gasteiger partial charge in [-0.15, -0.1) is 13.2 Å². The first-order chi connectivity index (χ1) is 5.35. The molecule has 0 spiro atoms. The normalized spacial score (nSPS) is 9.18. The van der Waals surface area contributed by atoms with E-state index in [1.165, 1.54) is 22.9 Å². The largest absolute Gasteiger partial charge is 0.438 e. The van der Waals surface area contributed by atoms with Crippen molar-refractivity contribution >= 4 is 18.4 Å². The second kappa shape index (κ2) is 7.37. The summed E-state index contributed by atoms with van der Waals surface area (Å²) in [6.45, 7) is 8.84. The van der Waals surface area contributed by atoms with Crippen molar-refractivity contribution in [1.29, 1.82) is 0 Å². The van der Waals surface area contributed by atoms with Gasteiger partial charge in [0.25, 0.3) is 0 Å². The molecular weight excluding hydrogens is 162 g/mol. The van der Waals surface area contributed by atoms with Gasteiger partial charge < -0.3 is 4.84 Å². The predicted octanol–water partition coefficient (Wildman–Crippen LogP) is 1.31. The Morgan fingerprint density at radius 2 is 2.27 bits per heavy atom. The topological polar surface area (TPSA) is 29.5 Å². The quantitative estimate of drug-likeness (QED) is 0.329. The van der Waals surface area contributed by atoms with Crippen molar-refractivity contribution in [2.45, 2.75) is 0 Å². The minimum Gasteiger partial charge on any atom is -0.348 e. The summed E-state index contributed by atoms with van der Waals surface area (Å²) in [6, 6.07) is 0. The van der Waals surface area contributed by atoms with E-state index in [-0.39, 0.29) is 0 Å². The molecule has 0 aliphatic rings. The van der Waals surface area contributed by atoms with Crippen LogP contribution < -0.4 is 0 Å². The van der Waals surface area contributed by atoms with E-state index in [2.05, 4.69) is 18.0 Å². The lowest BCUT2D eigenvalue weighted by Gasteiger charge is -2.12. The molecule has 0 aromatic rings. The Morgan fingerprint density at radius 1 is 1.55 bits per heavy atom. The van der Waals surface area contributed by atoms with E-state index in [0.29, 0.717) is 12.3 Å². The zero-order valence-corrected chi connectivity index (χ0v) is 6.97. The molecule has 0 aliphatic carbocycles. The van der Waals surface area contributed by atoms with E-state index in [1.54, 1.807) is 12.2 Å². The monoisotopic (exact) mass is 172 g/mol. The van der Waals surface area contributed by atoms with E-state index in [9.17, 15) is 4.79 Å². The summed E-state index contributed by atoms with van der Waals surface area (Å²) < 4.78 is 1.38. The van der Waals surface area contributed by atoms with Crippen molar-refractivity contribution in [3.63, 3.8) is 0 Å². The fourth-order valence-electron chi connectivity index (χ4n) is 0.399. The molecule has 3 nitrogen and oxygen atoms in total. The first-order valence-corrected chi connectivity index (χ1v) is 3.95. The van der Waals surface area contributed by atoms with Crippen LogP contribution in [-0.2, 0) is 9.63 Å². The molecule has 0 aliphatic heterocycles. The van der Waals surface area contributed by atoms with Gasteiger partial charge in [-0.25, -0.2) is 4.79 Å². The molecule has 0 saturated heterocycles. The maximum absolute atomic E-state index is 9.79. The summed E-state index contributed by atoms with van der Waals surface area (Å²) >= 11 is 1.33. The van der Waals surface area contributed by atoms with Crippen LogP contribution in [-0.4, -0.2) is 23.2 Å². The van der Waals surface area contributed by atoms with Crippen molar-refractivity contribution in [3.05, 3.63) is 25.3 Å². The van der Waals surface area contributed by atoms with Crippen LogP contribution in [0.15, 0.2) is 25.3 Å². The third kappa shape index (κ3) is 5.69. The van der Waals surface area contributed by atoms with Gasteiger partial charge in [0.1, 0.15) is 0 Å². The highest BCUT2D eigenvalue weighted by Gasteiger charge is 2.01. The highest BCUT2D eigenvalue weighted by molar-refractivity contribution is 7.97. The molecule has 0 atom stereocenters. The molecule has 61 valence electrons. The minimum absolute atomic E-state index is 0.480. The lowest BCUT2D eigenvalue weighted by atomic mass is 10.7. The Labute approximate surface area is 70.8 Å². The van der Waals surface area contributed by atoms with Crippen LogP contribution >= 0.6 is 11.9 Å². The van der Waals surface area contributed by atoms with E-state index in [1.807, 2.05) is 0 Å². The third-order valence-corrected chi connectivity index (χ3v) is 1.65. The van der Waals surface area contributed by atoms with E-state index in [0.717, 1.165) is 0 Å². The fourth-order valence-corrected chi connectivity index (χ4v) is 0.965. The summed E-state index contributed by atoms with van der Waals surface area (Å²) in [7, 11) is 0. The average Bonchev–Trinajstić information content (AvgIpc) is 2.01. The average molecular weight is 172 g/mol. The molecule has 0 unspecified atom stereocenters. The van der Waals surface area contributed by atoms with Crippen LogP contribution in [0.4, 0.5) is 0 Å². The molecule has 0 amide bonds. The minimum atomic E-state index is 0.480. The van der Waals surface area contributed by atoms with E-state index >= 15 is 0 Å². The standard InChI is InChI=1S/C7H10NO2S/c1-3-5-8(10-7-9)11-6-4-2/h3-4H,1-2,5-6H2. The van der Waals surface area contributed by atoms with Crippen molar-refractivity contribution in [3.8, 4) is 0 Å². The molecule has 11 heavy (non-hydrogen) atoms. The molecule has 0 bridgehead atoms. The Balaban J connectivity index is 3.57. The van der Waals surface area contributed by atoms with Crippen molar-refractivity contribution in [1.82, 2.24) is 4.47 Å². The highest BCUT2D eigenvalue weighted by Crippen LogP contribution is 2.08. The van der Waals surface area contributed by atoms with Gasteiger partial charge in [0.2, 0.25) is 0 Å². The number of hydrogen-bond acceptors (Lipinski definition) is 4. The SMILES string of the molecule is C=CCSN(CC=C)O[C]=O. The van der Waals surface area contributed by atoms with Gasteiger partial charge in [-0.3, -0.25) is 0 Å². The molecule has 1 radical (unpaired) electrons. The van der Waals surface area contributed by atoms with Crippen LogP contribution in [0, 0.1) is 0 Å².